The predicted molar refractivity (Wildman–Crippen MR) is 88.1 cm³/mol. The minimum absolute atomic E-state index is 0.0944. The molecule has 5 nitrogen and oxygen atoms in total. The zero-order chi connectivity index (χ0) is 16.7. The van der Waals surface area contributed by atoms with Crippen molar-refractivity contribution in [3.8, 4) is 0 Å². The Bertz CT molecular complexity index is 535. The van der Waals surface area contributed by atoms with Gasteiger partial charge in [0.2, 0.25) is 0 Å². The maximum absolute atomic E-state index is 12.6. The summed E-state index contributed by atoms with van der Waals surface area (Å²) in [5, 5.41) is 0. The topological polar surface area (TPSA) is 51.5 Å². The van der Waals surface area contributed by atoms with Gasteiger partial charge in [-0.2, -0.15) is 0 Å². The van der Waals surface area contributed by atoms with Crippen LogP contribution in [-0.2, 0) is 16.0 Å². The second kappa shape index (κ2) is 8.73. The summed E-state index contributed by atoms with van der Waals surface area (Å²) in [5.41, 5.74) is 0.636. The monoisotopic (exact) mass is 308 g/mol. The first-order valence-electron chi connectivity index (χ1n) is 7.88. The molecule has 1 unspecified atom stereocenters. The van der Waals surface area contributed by atoms with Crippen molar-refractivity contribution in [3.05, 3.63) is 34.2 Å². The van der Waals surface area contributed by atoms with Gasteiger partial charge in [0.15, 0.2) is 0 Å². The maximum Gasteiger partial charge on any atom is 0.329 e. The number of esters is 1. The number of hydrogen-bond donors (Lipinski definition) is 0. The second-order valence-electron chi connectivity index (χ2n) is 6.20. The molecule has 1 atom stereocenters. The van der Waals surface area contributed by atoms with Crippen LogP contribution < -0.4 is 5.56 Å². The summed E-state index contributed by atoms with van der Waals surface area (Å²) < 4.78 is 6.68. The van der Waals surface area contributed by atoms with Crippen molar-refractivity contribution in [2.75, 3.05) is 27.2 Å². The van der Waals surface area contributed by atoms with Gasteiger partial charge in [-0.05, 0) is 45.8 Å². The third-order valence-corrected chi connectivity index (χ3v) is 3.47. The number of rotatable bonds is 8. The van der Waals surface area contributed by atoms with E-state index in [-0.39, 0.29) is 11.5 Å². The van der Waals surface area contributed by atoms with Gasteiger partial charge in [0.1, 0.15) is 6.04 Å². The van der Waals surface area contributed by atoms with Gasteiger partial charge in [0.05, 0.1) is 6.61 Å². The third kappa shape index (κ3) is 5.30. The van der Waals surface area contributed by atoms with E-state index >= 15 is 0 Å². The van der Waals surface area contributed by atoms with Crippen LogP contribution in [0.15, 0.2) is 23.1 Å². The van der Waals surface area contributed by atoms with Gasteiger partial charge >= 0.3 is 5.97 Å². The van der Waals surface area contributed by atoms with Crippen molar-refractivity contribution in [1.29, 1.82) is 0 Å². The van der Waals surface area contributed by atoms with Gasteiger partial charge in [0.25, 0.3) is 5.56 Å². The largest absolute Gasteiger partial charge is 0.464 e. The SMILES string of the molecule is CCOC(=O)C(CC(C)C)n1cccc(CCN(C)C)c1=O. The van der Waals surface area contributed by atoms with E-state index in [1.165, 1.54) is 4.57 Å². The van der Waals surface area contributed by atoms with E-state index in [0.717, 1.165) is 12.1 Å². The lowest BCUT2D eigenvalue weighted by Crippen LogP contribution is -2.34. The molecule has 5 heteroatoms. The van der Waals surface area contributed by atoms with Crippen LogP contribution in [0.1, 0.15) is 38.8 Å². The average molecular weight is 308 g/mol. The van der Waals surface area contributed by atoms with Crippen LogP contribution in [0.25, 0.3) is 0 Å². The van der Waals surface area contributed by atoms with Crippen molar-refractivity contribution in [3.63, 3.8) is 0 Å². The van der Waals surface area contributed by atoms with Crippen LogP contribution in [-0.4, -0.2) is 42.7 Å². The number of likely N-dealkylation sites (N-methyl/N-ethyl adjacent to an activating group) is 1. The number of pyridine rings is 1. The molecule has 0 aromatic carbocycles. The smallest absolute Gasteiger partial charge is 0.329 e. The van der Waals surface area contributed by atoms with Crippen molar-refractivity contribution in [2.24, 2.45) is 5.92 Å². The van der Waals surface area contributed by atoms with Crippen molar-refractivity contribution >= 4 is 5.97 Å². The first-order valence-corrected chi connectivity index (χ1v) is 7.88. The molecular weight excluding hydrogens is 280 g/mol. The van der Waals surface area contributed by atoms with Crippen molar-refractivity contribution in [2.45, 2.75) is 39.7 Å². The van der Waals surface area contributed by atoms with E-state index < -0.39 is 6.04 Å². The highest BCUT2D eigenvalue weighted by Crippen LogP contribution is 2.18. The normalized spacial score (nSPS) is 12.7. The molecule has 1 rings (SSSR count). The van der Waals surface area contributed by atoms with Gasteiger partial charge in [-0.15, -0.1) is 0 Å². The highest BCUT2D eigenvalue weighted by molar-refractivity contribution is 5.74. The summed E-state index contributed by atoms with van der Waals surface area (Å²) in [7, 11) is 3.95. The number of aromatic nitrogens is 1. The fourth-order valence-corrected chi connectivity index (χ4v) is 2.34. The molecule has 0 radical (unpaired) electrons. The summed E-state index contributed by atoms with van der Waals surface area (Å²) in [6.07, 6.45) is 2.95. The highest BCUT2D eigenvalue weighted by Gasteiger charge is 2.24. The number of hydrogen-bond acceptors (Lipinski definition) is 4. The average Bonchev–Trinajstić information content (AvgIpc) is 2.44. The van der Waals surface area contributed by atoms with Crippen LogP contribution in [0.5, 0.6) is 0 Å². The molecule has 124 valence electrons. The Hall–Kier alpha value is -1.62. The van der Waals surface area contributed by atoms with Gasteiger partial charge in [0, 0.05) is 18.3 Å². The minimum atomic E-state index is -0.549. The molecule has 1 aromatic rings. The van der Waals surface area contributed by atoms with Crippen LogP contribution in [0.4, 0.5) is 0 Å². The molecule has 0 saturated heterocycles. The minimum Gasteiger partial charge on any atom is -0.464 e. The molecule has 0 amide bonds. The molecule has 0 aliphatic rings. The molecular formula is C17H28N2O3. The van der Waals surface area contributed by atoms with Crippen LogP contribution in [0.2, 0.25) is 0 Å². The molecule has 0 N–H and O–H groups in total. The molecule has 1 aromatic heterocycles. The van der Waals surface area contributed by atoms with E-state index in [1.807, 2.05) is 45.0 Å². The fourth-order valence-electron chi connectivity index (χ4n) is 2.34. The van der Waals surface area contributed by atoms with Crippen LogP contribution in [0.3, 0.4) is 0 Å². The standard InChI is InChI=1S/C17H28N2O3/c1-6-22-17(21)15(12-13(2)3)19-10-7-8-14(16(19)20)9-11-18(4)5/h7-8,10,13,15H,6,9,11-12H2,1-5H3. The Morgan fingerprint density at radius 2 is 2.05 bits per heavy atom. The number of carbonyl (C=O) groups is 1. The first kappa shape index (κ1) is 18.4. The lowest BCUT2D eigenvalue weighted by atomic mass is 10.0. The van der Waals surface area contributed by atoms with Gasteiger partial charge in [-0.25, -0.2) is 4.79 Å². The Labute approximate surface area is 132 Å². The van der Waals surface area contributed by atoms with E-state index in [2.05, 4.69) is 0 Å². The maximum atomic E-state index is 12.6. The molecule has 0 aliphatic heterocycles. The summed E-state index contributed by atoms with van der Waals surface area (Å²) in [6.45, 7) is 6.97. The zero-order valence-corrected chi connectivity index (χ0v) is 14.3. The summed E-state index contributed by atoms with van der Waals surface area (Å²) in [4.78, 5) is 26.9. The van der Waals surface area contributed by atoms with E-state index in [4.69, 9.17) is 4.74 Å². The summed E-state index contributed by atoms with van der Waals surface area (Å²) >= 11 is 0. The van der Waals surface area contributed by atoms with Crippen LogP contribution in [0, 0.1) is 5.92 Å². The van der Waals surface area contributed by atoms with Crippen molar-refractivity contribution in [1.82, 2.24) is 9.47 Å². The second-order valence-corrected chi connectivity index (χ2v) is 6.20. The third-order valence-electron chi connectivity index (χ3n) is 3.47. The molecule has 0 saturated carbocycles. The fraction of sp³-hybridized carbons (Fsp3) is 0.647. The number of nitrogens with zero attached hydrogens (tertiary/aromatic N) is 2. The molecule has 0 aliphatic carbocycles. The molecule has 1 heterocycles. The molecule has 0 bridgehead atoms. The zero-order valence-electron chi connectivity index (χ0n) is 14.3. The molecule has 22 heavy (non-hydrogen) atoms. The Morgan fingerprint density at radius 3 is 2.59 bits per heavy atom. The Kier molecular flexibility index (Phi) is 7.32. The Morgan fingerprint density at radius 1 is 1.36 bits per heavy atom. The van der Waals surface area contributed by atoms with E-state index in [1.54, 1.807) is 13.1 Å². The number of carbonyl (C=O) groups excluding carboxylic acids is 1. The van der Waals surface area contributed by atoms with E-state index in [9.17, 15) is 9.59 Å². The number of ether oxygens (including phenoxy) is 1. The van der Waals surface area contributed by atoms with Crippen LogP contribution >= 0.6 is 0 Å². The first-order chi connectivity index (χ1) is 10.4. The quantitative estimate of drug-likeness (QED) is 0.690. The lowest BCUT2D eigenvalue weighted by Gasteiger charge is -2.21. The molecule has 0 spiro atoms. The van der Waals surface area contributed by atoms with E-state index in [0.29, 0.717) is 25.4 Å². The summed E-state index contributed by atoms with van der Waals surface area (Å²) in [6, 6.07) is 3.12. The van der Waals surface area contributed by atoms with Gasteiger partial charge in [-0.3, -0.25) is 4.79 Å². The highest BCUT2D eigenvalue weighted by atomic mass is 16.5. The predicted octanol–water partition coefficient (Wildman–Crippen LogP) is 2.10. The van der Waals surface area contributed by atoms with Gasteiger partial charge < -0.3 is 14.2 Å². The summed E-state index contributed by atoms with van der Waals surface area (Å²) in [5.74, 6) is -0.0326. The lowest BCUT2D eigenvalue weighted by molar-refractivity contribution is -0.147. The molecule has 0 fully saturated rings. The van der Waals surface area contributed by atoms with Crippen molar-refractivity contribution < 1.29 is 9.53 Å². The Balaban J connectivity index is 3.11. The van der Waals surface area contributed by atoms with Gasteiger partial charge in [-0.1, -0.05) is 19.9 Å².